The third kappa shape index (κ3) is 4.47. The first-order valence-electron chi connectivity index (χ1n) is 7.13. The molecule has 0 spiro atoms. The molecular formula is C14H22N4O3. The van der Waals surface area contributed by atoms with Crippen molar-refractivity contribution in [2.24, 2.45) is 5.92 Å². The second-order valence-corrected chi connectivity index (χ2v) is 6.23. The van der Waals surface area contributed by atoms with Crippen LogP contribution >= 0.6 is 0 Å². The van der Waals surface area contributed by atoms with Crippen LogP contribution in [0.4, 0.5) is 10.6 Å². The normalized spacial score (nSPS) is 19.2. The average Bonchev–Trinajstić information content (AvgIpc) is 2.90. The van der Waals surface area contributed by atoms with Gasteiger partial charge in [0.05, 0.1) is 12.1 Å². The number of H-pyrrole nitrogens is 1. The molecule has 0 bridgehead atoms. The number of ether oxygens (including phenoxy) is 1. The van der Waals surface area contributed by atoms with Crippen molar-refractivity contribution in [3.63, 3.8) is 0 Å². The number of aromatic nitrogens is 2. The number of carbonyl (C=O) groups is 2. The number of nitrogens with zero attached hydrogens (tertiary/aromatic N) is 2. The molecule has 2 N–H and O–H groups in total. The molecule has 1 aromatic heterocycles. The number of nitrogens with one attached hydrogen (secondary N) is 2. The van der Waals surface area contributed by atoms with E-state index in [9.17, 15) is 9.59 Å². The van der Waals surface area contributed by atoms with Gasteiger partial charge in [-0.3, -0.25) is 9.89 Å². The third-order valence-electron chi connectivity index (χ3n) is 3.20. The molecule has 7 nitrogen and oxygen atoms in total. The van der Waals surface area contributed by atoms with Gasteiger partial charge in [-0.2, -0.15) is 5.10 Å². The van der Waals surface area contributed by atoms with Crippen LogP contribution in [0.25, 0.3) is 0 Å². The average molecular weight is 294 g/mol. The molecule has 0 saturated carbocycles. The second-order valence-electron chi connectivity index (χ2n) is 6.23. The van der Waals surface area contributed by atoms with Crippen molar-refractivity contribution in [3.8, 4) is 0 Å². The standard InChI is InChI=1S/C14H22N4O3/c1-14(2,3)21-13(20)18-8-4-5-10(9-18)12(19)16-11-6-7-15-17-11/h6-7,10H,4-5,8-9H2,1-3H3,(H2,15,16,17,19). The summed E-state index contributed by atoms with van der Waals surface area (Å²) in [5, 5.41) is 9.23. The van der Waals surface area contributed by atoms with Gasteiger partial charge >= 0.3 is 6.09 Å². The fraction of sp³-hybridized carbons (Fsp3) is 0.643. The number of carbonyl (C=O) groups excluding carboxylic acids is 2. The molecule has 0 aromatic carbocycles. The minimum absolute atomic E-state index is 0.104. The van der Waals surface area contributed by atoms with Crippen molar-refractivity contribution < 1.29 is 14.3 Å². The van der Waals surface area contributed by atoms with Crippen LogP contribution in [0.5, 0.6) is 0 Å². The Morgan fingerprint density at radius 2 is 2.24 bits per heavy atom. The van der Waals surface area contributed by atoms with E-state index in [1.54, 1.807) is 17.2 Å². The quantitative estimate of drug-likeness (QED) is 0.873. The van der Waals surface area contributed by atoms with E-state index in [1.807, 2.05) is 20.8 Å². The minimum atomic E-state index is -0.526. The number of aromatic amines is 1. The molecule has 1 atom stereocenters. The van der Waals surface area contributed by atoms with Crippen molar-refractivity contribution in [3.05, 3.63) is 12.3 Å². The molecule has 2 rings (SSSR count). The third-order valence-corrected chi connectivity index (χ3v) is 3.20. The number of likely N-dealkylation sites (tertiary alicyclic amines) is 1. The van der Waals surface area contributed by atoms with E-state index in [1.165, 1.54) is 0 Å². The zero-order valence-corrected chi connectivity index (χ0v) is 12.7. The molecule has 0 aliphatic carbocycles. The first kappa shape index (κ1) is 15.3. The fourth-order valence-corrected chi connectivity index (χ4v) is 2.24. The van der Waals surface area contributed by atoms with E-state index >= 15 is 0 Å². The van der Waals surface area contributed by atoms with Crippen molar-refractivity contribution in [1.29, 1.82) is 0 Å². The summed E-state index contributed by atoms with van der Waals surface area (Å²) in [4.78, 5) is 25.8. The Labute approximate surface area is 124 Å². The number of rotatable bonds is 2. The van der Waals surface area contributed by atoms with Crippen LogP contribution in [0.3, 0.4) is 0 Å². The summed E-state index contributed by atoms with van der Waals surface area (Å²) in [7, 11) is 0. The van der Waals surface area contributed by atoms with Gasteiger partial charge in [0.15, 0.2) is 0 Å². The number of anilines is 1. The molecule has 1 saturated heterocycles. The smallest absolute Gasteiger partial charge is 0.410 e. The summed E-state index contributed by atoms with van der Waals surface area (Å²) >= 11 is 0. The molecule has 21 heavy (non-hydrogen) atoms. The number of amides is 2. The van der Waals surface area contributed by atoms with Gasteiger partial charge in [-0.05, 0) is 33.6 Å². The predicted octanol–water partition coefficient (Wildman–Crippen LogP) is 2.00. The molecular weight excluding hydrogens is 272 g/mol. The fourth-order valence-electron chi connectivity index (χ4n) is 2.24. The lowest BCUT2D eigenvalue weighted by molar-refractivity contribution is -0.121. The van der Waals surface area contributed by atoms with Crippen LogP contribution in [0.15, 0.2) is 12.3 Å². The number of hydrogen-bond donors (Lipinski definition) is 2. The summed E-state index contributed by atoms with van der Waals surface area (Å²) in [6.07, 6.45) is 2.77. The zero-order chi connectivity index (χ0) is 15.5. The van der Waals surface area contributed by atoms with E-state index < -0.39 is 5.60 Å². The van der Waals surface area contributed by atoms with E-state index in [-0.39, 0.29) is 17.9 Å². The summed E-state index contributed by atoms with van der Waals surface area (Å²) in [5.74, 6) is 0.233. The Balaban J connectivity index is 1.91. The van der Waals surface area contributed by atoms with Crippen molar-refractivity contribution >= 4 is 17.8 Å². The Morgan fingerprint density at radius 1 is 1.48 bits per heavy atom. The summed E-state index contributed by atoms with van der Waals surface area (Å²) in [5.41, 5.74) is -0.526. The lowest BCUT2D eigenvalue weighted by Crippen LogP contribution is -2.45. The summed E-state index contributed by atoms with van der Waals surface area (Å²) in [6, 6.07) is 1.69. The van der Waals surface area contributed by atoms with Gasteiger partial charge in [0.1, 0.15) is 11.4 Å². The van der Waals surface area contributed by atoms with Crippen LogP contribution < -0.4 is 5.32 Å². The SMILES string of the molecule is CC(C)(C)OC(=O)N1CCCC(C(=O)Nc2ccn[nH]2)C1. The summed E-state index contributed by atoms with van der Waals surface area (Å²) < 4.78 is 5.35. The Morgan fingerprint density at radius 3 is 2.86 bits per heavy atom. The van der Waals surface area contributed by atoms with Crippen LogP contribution in [0, 0.1) is 5.92 Å². The maximum atomic E-state index is 12.2. The van der Waals surface area contributed by atoms with E-state index in [0.717, 1.165) is 12.8 Å². The summed E-state index contributed by atoms with van der Waals surface area (Å²) in [6.45, 7) is 6.50. The van der Waals surface area contributed by atoms with Gasteiger partial charge in [0, 0.05) is 19.2 Å². The van der Waals surface area contributed by atoms with Gasteiger partial charge in [0.2, 0.25) is 5.91 Å². The molecule has 2 heterocycles. The van der Waals surface area contributed by atoms with Gasteiger partial charge in [-0.25, -0.2) is 4.79 Å². The first-order chi connectivity index (χ1) is 9.85. The van der Waals surface area contributed by atoms with Crippen LogP contribution in [-0.4, -0.2) is 45.8 Å². The van der Waals surface area contributed by atoms with Crippen molar-refractivity contribution in [2.45, 2.75) is 39.2 Å². The maximum Gasteiger partial charge on any atom is 0.410 e. The predicted molar refractivity (Wildman–Crippen MR) is 77.7 cm³/mol. The molecule has 1 aliphatic heterocycles. The van der Waals surface area contributed by atoms with Gasteiger partial charge in [-0.15, -0.1) is 0 Å². The molecule has 116 valence electrons. The number of piperidine rings is 1. The van der Waals surface area contributed by atoms with Crippen LogP contribution in [-0.2, 0) is 9.53 Å². The highest BCUT2D eigenvalue weighted by Gasteiger charge is 2.31. The molecule has 1 aliphatic rings. The Bertz CT molecular complexity index is 493. The molecule has 7 heteroatoms. The second kappa shape index (κ2) is 6.15. The first-order valence-corrected chi connectivity index (χ1v) is 7.13. The zero-order valence-electron chi connectivity index (χ0n) is 12.7. The van der Waals surface area contributed by atoms with E-state index in [2.05, 4.69) is 15.5 Å². The van der Waals surface area contributed by atoms with Crippen LogP contribution in [0.1, 0.15) is 33.6 Å². The maximum absolute atomic E-state index is 12.2. The Kier molecular flexibility index (Phi) is 4.50. The largest absolute Gasteiger partial charge is 0.444 e. The molecule has 1 unspecified atom stereocenters. The number of hydrogen-bond acceptors (Lipinski definition) is 4. The lowest BCUT2D eigenvalue weighted by Gasteiger charge is -2.33. The van der Waals surface area contributed by atoms with Crippen LogP contribution in [0.2, 0.25) is 0 Å². The van der Waals surface area contributed by atoms with Crippen molar-refractivity contribution in [2.75, 3.05) is 18.4 Å². The lowest BCUT2D eigenvalue weighted by atomic mass is 9.97. The van der Waals surface area contributed by atoms with Gasteiger partial charge < -0.3 is 15.0 Å². The van der Waals surface area contributed by atoms with Crippen molar-refractivity contribution in [1.82, 2.24) is 15.1 Å². The molecule has 2 amide bonds. The molecule has 1 aromatic rings. The minimum Gasteiger partial charge on any atom is -0.444 e. The highest BCUT2D eigenvalue weighted by atomic mass is 16.6. The van der Waals surface area contributed by atoms with Gasteiger partial charge in [-0.1, -0.05) is 0 Å². The highest BCUT2D eigenvalue weighted by molar-refractivity contribution is 5.92. The molecule has 1 fully saturated rings. The topological polar surface area (TPSA) is 87.3 Å². The Hall–Kier alpha value is -2.05. The van der Waals surface area contributed by atoms with E-state index in [0.29, 0.717) is 18.9 Å². The highest BCUT2D eigenvalue weighted by Crippen LogP contribution is 2.20. The monoisotopic (exact) mass is 294 g/mol. The molecule has 0 radical (unpaired) electrons. The van der Waals surface area contributed by atoms with Gasteiger partial charge in [0.25, 0.3) is 0 Å². The van der Waals surface area contributed by atoms with E-state index in [4.69, 9.17) is 4.74 Å².